The van der Waals surface area contributed by atoms with Crippen LogP contribution in [-0.4, -0.2) is 6.21 Å². The Labute approximate surface area is 110 Å². The van der Waals surface area contributed by atoms with Crippen molar-refractivity contribution < 1.29 is 0 Å². The van der Waals surface area contributed by atoms with Gasteiger partial charge < -0.3 is 0 Å². The van der Waals surface area contributed by atoms with Crippen LogP contribution in [0, 0.1) is 12.3 Å². The summed E-state index contributed by atoms with van der Waals surface area (Å²) < 4.78 is 0. The van der Waals surface area contributed by atoms with Crippen LogP contribution in [0.4, 0.5) is 0 Å². The van der Waals surface area contributed by atoms with Gasteiger partial charge in [-0.1, -0.05) is 37.8 Å². The highest BCUT2D eigenvalue weighted by Crippen LogP contribution is 2.55. The summed E-state index contributed by atoms with van der Waals surface area (Å²) in [6, 6.07) is 8.42. The summed E-state index contributed by atoms with van der Waals surface area (Å²) in [5, 5.41) is 0. The molecule has 1 aliphatic rings. The van der Waals surface area contributed by atoms with Gasteiger partial charge in [-0.3, -0.25) is 4.99 Å². The summed E-state index contributed by atoms with van der Waals surface area (Å²) >= 11 is 0. The van der Waals surface area contributed by atoms with Crippen molar-refractivity contribution in [3.05, 3.63) is 53.7 Å². The average Bonchev–Trinajstić information content (AvgIpc) is 3.09. The molecule has 1 aliphatic carbocycles. The highest BCUT2D eigenvalue weighted by Gasteiger charge is 2.42. The summed E-state index contributed by atoms with van der Waals surface area (Å²) in [6.45, 7) is 10.7. The molecule has 1 aromatic carbocycles. The lowest BCUT2D eigenvalue weighted by Gasteiger charge is -2.18. The van der Waals surface area contributed by atoms with Crippen molar-refractivity contribution in [1.29, 1.82) is 0 Å². The molecule has 0 heterocycles. The third-order valence-electron chi connectivity index (χ3n) is 3.80. The maximum Gasteiger partial charge on any atom is 0.0307 e. The molecule has 0 N–H and O–H groups in total. The van der Waals surface area contributed by atoms with Crippen LogP contribution < -0.4 is 0 Å². The Hall–Kier alpha value is -1.63. The molecule has 1 nitrogen and oxygen atoms in total. The summed E-state index contributed by atoms with van der Waals surface area (Å²) in [5.41, 5.74) is 5.21. The van der Waals surface area contributed by atoms with Gasteiger partial charge >= 0.3 is 0 Å². The number of aryl methyl sites for hydroxylation is 1. The van der Waals surface area contributed by atoms with Crippen LogP contribution >= 0.6 is 0 Å². The fourth-order valence-electron chi connectivity index (χ4n) is 2.26. The van der Waals surface area contributed by atoms with E-state index in [0.717, 1.165) is 5.57 Å². The lowest BCUT2D eigenvalue weighted by Crippen LogP contribution is -2.02. The average molecular weight is 239 g/mol. The van der Waals surface area contributed by atoms with E-state index < -0.39 is 0 Å². The molecular weight excluding hydrogens is 218 g/mol. The normalized spacial score (nSPS) is 18.1. The lowest BCUT2D eigenvalue weighted by atomic mass is 9.87. The molecule has 94 valence electrons. The fourth-order valence-corrected chi connectivity index (χ4v) is 2.26. The van der Waals surface area contributed by atoms with Crippen molar-refractivity contribution in [1.82, 2.24) is 0 Å². The van der Waals surface area contributed by atoms with E-state index >= 15 is 0 Å². The molecule has 1 heteroatoms. The number of aliphatic imine (C=N–C) groups is 1. The molecule has 0 aromatic heterocycles. The number of hydrogen-bond acceptors (Lipinski definition) is 1. The van der Waals surface area contributed by atoms with E-state index in [1.165, 1.54) is 29.5 Å². The number of rotatable bonds is 4. The third kappa shape index (κ3) is 2.45. The molecule has 18 heavy (non-hydrogen) atoms. The Morgan fingerprint density at radius 2 is 2.00 bits per heavy atom. The Kier molecular flexibility index (Phi) is 3.51. The molecule has 0 aliphatic heterocycles. The SMILES string of the molecule is C=C(/C(=C\N=C/C)C1(C)CC1)c1ccccc1C. The number of nitrogens with zero attached hydrogens (tertiary/aromatic N) is 1. The van der Waals surface area contributed by atoms with Gasteiger partial charge in [0, 0.05) is 12.4 Å². The molecule has 2 rings (SSSR count). The van der Waals surface area contributed by atoms with Gasteiger partial charge in [0.05, 0.1) is 0 Å². The second kappa shape index (κ2) is 4.93. The zero-order valence-electron chi connectivity index (χ0n) is 11.5. The molecule has 0 amide bonds. The minimum atomic E-state index is 0.284. The Morgan fingerprint density at radius 3 is 2.56 bits per heavy atom. The summed E-state index contributed by atoms with van der Waals surface area (Å²) in [7, 11) is 0. The van der Waals surface area contributed by atoms with Crippen molar-refractivity contribution in [2.24, 2.45) is 10.4 Å². The molecule has 0 atom stereocenters. The lowest BCUT2D eigenvalue weighted by molar-refractivity contribution is 0.712. The first kappa shape index (κ1) is 12.8. The highest BCUT2D eigenvalue weighted by molar-refractivity contribution is 5.81. The molecule has 1 fully saturated rings. The minimum Gasteiger partial charge on any atom is -0.269 e. The van der Waals surface area contributed by atoms with E-state index in [4.69, 9.17) is 0 Å². The van der Waals surface area contributed by atoms with Crippen LogP contribution in [-0.2, 0) is 0 Å². The van der Waals surface area contributed by atoms with E-state index in [9.17, 15) is 0 Å². The second-order valence-corrected chi connectivity index (χ2v) is 5.30. The topological polar surface area (TPSA) is 12.4 Å². The van der Waals surface area contributed by atoms with E-state index in [-0.39, 0.29) is 5.41 Å². The molecular formula is C17H21N. The molecule has 1 saturated carbocycles. The maximum atomic E-state index is 4.31. The smallest absolute Gasteiger partial charge is 0.0307 e. The molecule has 0 unspecified atom stereocenters. The van der Waals surface area contributed by atoms with Gasteiger partial charge in [0.2, 0.25) is 0 Å². The van der Waals surface area contributed by atoms with Gasteiger partial charge in [-0.15, -0.1) is 0 Å². The largest absolute Gasteiger partial charge is 0.269 e. The van der Waals surface area contributed by atoms with Gasteiger partial charge in [0.1, 0.15) is 0 Å². The van der Waals surface area contributed by atoms with Crippen molar-refractivity contribution in [2.75, 3.05) is 0 Å². The number of allylic oxidation sites excluding steroid dienone is 2. The summed E-state index contributed by atoms with van der Waals surface area (Å²) in [6.07, 6.45) is 6.30. The van der Waals surface area contributed by atoms with E-state index in [2.05, 4.69) is 49.7 Å². The van der Waals surface area contributed by atoms with Crippen molar-refractivity contribution in [3.8, 4) is 0 Å². The van der Waals surface area contributed by atoms with Gasteiger partial charge in [-0.05, 0) is 54.4 Å². The zero-order valence-corrected chi connectivity index (χ0v) is 11.5. The first-order chi connectivity index (χ1) is 8.58. The summed E-state index contributed by atoms with van der Waals surface area (Å²) in [5.74, 6) is 0. The maximum absolute atomic E-state index is 4.31. The highest BCUT2D eigenvalue weighted by atomic mass is 14.7. The Balaban J connectivity index is 2.39. The molecule has 1 aromatic rings. The Bertz CT molecular complexity index is 516. The van der Waals surface area contributed by atoms with Gasteiger partial charge in [0.25, 0.3) is 0 Å². The van der Waals surface area contributed by atoms with E-state index in [1.54, 1.807) is 0 Å². The minimum absolute atomic E-state index is 0.284. The fraction of sp³-hybridized carbons (Fsp3) is 0.353. The van der Waals surface area contributed by atoms with Crippen LogP contribution in [0.3, 0.4) is 0 Å². The van der Waals surface area contributed by atoms with Crippen molar-refractivity contribution in [3.63, 3.8) is 0 Å². The van der Waals surface area contributed by atoms with E-state index in [0.29, 0.717) is 0 Å². The molecule has 0 spiro atoms. The van der Waals surface area contributed by atoms with Crippen LogP contribution in [0.5, 0.6) is 0 Å². The van der Waals surface area contributed by atoms with Crippen LogP contribution in [0.15, 0.2) is 47.6 Å². The molecule has 0 bridgehead atoms. The number of hydrogen-bond donors (Lipinski definition) is 0. The van der Waals surface area contributed by atoms with Gasteiger partial charge in [-0.2, -0.15) is 0 Å². The van der Waals surface area contributed by atoms with Gasteiger partial charge in [-0.25, -0.2) is 0 Å². The Morgan fingerprint density at radius 1 is 1.33 bits per heavy atom. The predicted octanol–water partition coefficient (Wildman–Crippen LogP) is 4.78. The third-order valence-corrected chi connectivity index (χ3v) is 3.80. The first-order valence-electron chi connectivity index (χ1n) is 6.52. The number of benzene rings is 1. The van der Waals surface area contributed by atoms with Gasteiger partial charge in [0.15, 0.2) is 0 Å². The van der Waals surface area contributed by atoms with E-state index in [1.807, 2.05) is 19.3 Å². The monoisotopic (exact) mass is 239 g/mol. The molecule has 0 radical (unpaired) electrons. The second-order valence-electron chi connectivity index (χ2n) is 5.30. The standard InChI is InChI=1S/C17H21N/c1-5-18-12-16(17(4)10-11-17)14(3)15-9-7-6-8-13(15)2/h5-9,12H,3,10-11H2,1-2,4H3/b16-12+,18-5-. The van der Waals surface area contributed by atoms with Crippen LogP contribution in [0.1, 0.15) is 37.8 Å². The van der Waals surface area contributed by atoms with Crippen LogP contribution in [0.2, 0.25) is 0 Å². The zero-order chi connectivity index (χ0) is 13.2. The predicted molar refractivity (Wildman–Crippen MR) is 79.8 cm³/mol. The molecule has 0 saturated heterocycles. The summed E-state index contributed by atoms with van der Waals surface area (Å²) in [4.78, 5) is 4.31. The first-order valence-corrected chi connectivity index (χ1v) is 6.52. The van der Waals surface area contributed by atoms with Crippen molar-refractivity contribution >= 4 is 11.8 Å². The quantitative estimate of drug-likeness (QED) is 0.529. The van der Waals surface area contributed by atoms with Crippen molar-refractivity contribution in [2.45, 2.75) is 33.6 Å². The van der Waals surface area contributed by atoms with Crippen LogP contribution in [0.25, 0.3) is 5.57 Å².